The Kier molecular flexibility index (Phi) is 5.62. The largest absolute Gasteiger partial charge is 0.405 e. The Morgan fingerprint density at radius 1 is 1.27 bits per heavy atom. The summed E-state index contributed by atoms with van der Waals surface area (Å²) in [4.78, 5) is 0. The fourth-order valence-corrected chi connectivity index (χ4v) is 4.21. The summed E-state index contributed by atoms with van der Waals surface area (Å²) < 4.78 is 2.85. The molecule has 2 rings (SSSR count). The van der Waals surface area contributed by atoms with Gasteiger partial charge < -0.3 is 5.73 Å². The number of hydrogen-bond donors (Lipinski definition) is 1. The van der Waals surface area contributed by atoms with Gasteiger partial charge in [0.2, 0.25) is 0 Å². The second-order valence-electron chi connectivity index (χ2n) is 5.81. The number of benzene rings is 1. The van der Waals surface area contributed by atoms with Crippen LogP contribution in [0.15, 0.2) is 42.6 Å². The number of fused-ring (bicyclic) bond motifs is 1. The number of allylic oxidation sites excluding steroid dienone is 3. The van der Waals surface area contributed by atoms with Crippen LogP contribution in [-0.4, -0.2) is 0 Å². The SMILES string of the molecule is C/C=c1\c(=C(/C)C/C=C\C=C/N)sc2c(C(C)C)cccc12. The van der Waals surface area contributed by atoms with Gasteiger partial charge in [-0.3, -0.25) is 0 Å². The molecule has 0 aliphatic carbocycles. The maximum atomic E-state index is 5.36. The van der Waals surface area contributed by atoms with Crippen molar-refractivity contribution < 1.29 is 0 Å². The van der Waals surface area contributed by atoms with Crippen LogP contribution in [0.2, 0.25) is 0 Å². The van der Waals surface area contributed by atoms with Crippen molar-refractivity contribution in [3.63, 3.8) is 0 Å². The van der Waals surface area contributed by atoms with Crippen molar-refractivity contribution in [2.75, 3.05) is 0 Å². The highest BCUT2D eigenvalue weighted by Gasteiger charge is 2.09. The summed E-state index contributed by atoms with van der Waals surface area (Å²) in [6, 6.07) is 6.69. The van der Waals surface area contributed by atoms with Crippen LogP contribution < -0.4 is 15.5 Å². The van der Waals surface area contributed by atoms with Gasteiger partial charge in [0.05, 0.1) is 0 Å². The fourth-order valence-electron chi connectivity index (χ4n) is 2.70. The maximum Gasteiger partial charge on any atom is 0.0389 e. The van der Waals surface area contributed by atoms with Gasteiger partial charge in [0.15, 0.2) is 0 Å². The predicted octanol–water partition coefficient (Wildman–Crippen LogP) is 4.41. The van der Waals surface area contributed by atoms with E-state index in [1.165, 1.54) is 31.0 Å². The predicted molar refractivity (Wildman–Crippen MR) is 101 cm³/mol. The van der Waals surface area contributed by atoms with E-state index in [-0.39, 0.29) is 0 Å². The van der Waals surface area contributed by atoms with E-state index >= 15 is 0 Å². The molecule has 2 aromatic rings. The van der Waals surface area contributed by atoms with E-state index in [0.29, 0.717) is 5.92 Å². The molecule has 0 saturated carbocycles. The van der Waals surface area contributed by atoms with Crippen LogP contribution in [0.4, 0.5) is 0 Å². The van der Waals surface area contributed by atoms with Crippen molar-refractivity contribution in [1.82, 2.24) is 0 Å². The van der Waals surface area contributed by atoms with Gasteiger partial charge in [0.1, 0.15) is 0 Å². The second-order valence-corrected chi connectivity index (χ2v) is 6.83. The minimum absolute atomic E-state index is 0.551. The summed E-state index contributed by atoms with van der Waals surface area (Å²) in [6.07, 6.45) is 10.8. The zero-order chi connectivity index (χ0) is 16.1. The molecule has 22 heavy (non-hydrogen) atoms. The molecule has 0 amide bonds. The highest BCUT2D eigenvalue weighted by Crippen LogP contribution is 2.26. The average Bonchev–Trinajstić information content (AvgIpc) is 2.89. The first-order valence-corrected chi connectivity index (χ1v) is 8.62. The molecule has 0 fully saturated rings. The van der Waals surface area contributed by atoms with Gasteiger partial charge in [-0.25, -0.2) is 0 Å². The molecule has 1 aromatic carbocycles. The number of nitrogens with two attached hydrogens (primary N) is 1. The standard InChI is InChI=1S/C20H25NS/c1-5-16-18-12-9-11-17(14(2)3)20(18)22-19(16)15(4)10-7-6-8-13-21/h5-9,11-14H,10,21H2,1-4H3/b7-6-,13-8-,16-5-,19-15-. The Labute approximate surface area is 137 Å². The molecular weight excluding hydrogens is 286 g/mol. The van der Waals surface area contributed by atoms with Crippen molar-refractivity contribution >= 4 is 33.1 Å². The van der Waals surface area contributed by atoms with Gasteiger partial charge in [0.25, 0.3) is 0 Å². The van der Waals surface area contributed by atoms with Crippen molar-refractivity contribution in [2.45, 2.75) is 40.0 Å². The van der Waals surface area contributed by atoms with Crippen LogP contribution in [0.1, 0.15) is 45.6 Å². The molecule has 0 aliphatic rings. The summed E-state index contributed by atoms with van der Waals surface area (Å²) in [6.45, 7) is 8.89. The maximum absolute atomic E-state index is 5.36. The summed E-state index contributed by atoms with van der Waals surface area (Å²) in [5.41, 5.74) is 8.21. The normalized spacial score (nSPS) is 14.9. The van der Waals surface area contributed by atoms with Gasteiger partial charge in [-0.1, -0.05) is 55.8 Å². The summed E-state index contributed by atoms with van der Waals surface area (Å²) >= 11 is 1.93. The van der Waals surface area contributed by atoms with E-state index in [0.717, 1.165) is 6.42 Å². The fraction of sp³-hybridized carbons (Fsp3) is 0.300. The average molecular weight is 311 g/mol. The lowest BCUT2D eigenvalue weighted by Gasteiger charge is -2.05. The Hall–Kier alpha value is -1.80. The first-order chi connectivity index (χ1) is 10.6. The second kappa shape index (κ2) is 7.46. The number of thiophene rings is 1. The van der Waals surface area contributed by atoms with E-state index in [4.69, 9.17) is 5.73 Å². The van der Waals surface area contributed by atoms with E-state index in [2.05, 4.69) is 58.0 Å². The molecule has 0 atom stereocenters. The third-order valence-corrected chi connectivity index (χ3v) is 5.30. The zero-order valence-electron chi connectivity index (χ0n) is 13.9. The zero-order valence-corrected chi connectivity index (χ0v) is 14.7. The van der Waals surface area contributed by atoms with Gasteiger partial charge in [-0.05, 0) is 49.2 Å². The third-order valence-electron chi connectivity index (χ3n) is 3.87. The van der Waals surface area contributed by atoms with Crippen molar-refractivity contribution in [2.24, 2.45) is 5.73 Å². The molecule has 0 saturated heterocycles. The summed E-state index contributed by atoms with van der Waals surface area (Å²) in [7, 11) is 0. The van der Waals surface area contributed by atoms with Crippen LogP contribution in [-0.2, 0) is 0 Å². The van der Waals surface area contributed by atoms with Crippen molar-refractivity contribution in [3.05, 3.63) is 57.9 Å². The van der Waals surface area contributed by atoms with E-state index < -0.39 is 0 Å². The molecule has 0 unspecified atom stereocenters. The molecule has 0 aliphatic heterocycles. The quantitative estimate of drug-likeness (QED) is 0.831. The van der Waals surface area contributed by atoms with Gasteiger partial charge >= 0.3 is 0 Å². The molecule has 2 N–H and O–H groups in total. The van der Waals surface area contributed by atoms with Crippen LogP contribution >= 0.6 is 11.3 Å². The minimum atomic E-state index is 0.551. The van der Waals surface area contributed by atoms with Gasteiger partial charge in [0, 0.05) is 14.6 Å². The first kappa shape index (κ1) is 16.6. The number of hydrogen-bond acceptors (Lipinski definition) is 2. The molecule has 1 heterocycles. The Morgan fingerprint density at radius 3 is 2.68 bits per heavy atom. The molecule has 1 aromatic heterocycles. The minimum Gasteiger partial charge on any atom is -0.405 e. The Bertz CT molecular complexity index is 819. The molecule has 0 radical (unpaired) electrons. The van der Waals surface area contributed by atoms with Crippen LogP contribution in [0, 0.1) is 0 Å². The van der Waals surface area contributed by atoms with Gasteiger partial charge in [-0.15, -0.1) is 11.3 Å². The van der Waals surface area contributed by atoms with Crippen LogP contribution in [0.25, 0.3) is 21.7 Å². The van der Waals surface area contributed by atoms with Crippen molar-refractivity contribution in [3.8, 4) is 0 Å². The van der Waals surface area contributed by atoms with E-state index in [1.54, 1.807) is 6.20 Å². The monoisotopic (exact) mass is 311 g/mol. The lowest BCUT2D eigenvalue weighted by molar-refractivity contribution is 0.878. The number of rotatable bonds is 4. The third kappa shape index (κ3) is 3.33. The highest BCUT2D eigenvalue weighted by molar-refractivity contribution is 7.17. The lowest BCUT2D eigenvalue weighted by Crippen LogP contribution is -2.20. The van der Waals surface area contributed by atoms with Gasteiger partial charge in [-0.2, -0.15) is 0 Å². The van der Waals surface area contributed by atoms with E-state index in [1.807, 2.05) is 23.5 Å². The van der Waals surface area contributed by atoms with Crippen molar-refractivity contribution in [1.29, 1.82) is 0 Å². The molecule has 0 spiro atoms. The molecule has 0 bridgehead atoms. The van der Waals surface area contributed by atoms with Crippen LogP contribution in [0.5, 0.6) is 0 Å². The summed E-state index contributed by atoms with van der Waals surface area (Å²) in [5.74, 6) is 0.551. The first-order valence-electron chi connectivity index (χ1n) is 7.81. The van der Waals surface area contributed by atoms with Crippen LogP contribution in [0.3, 0.4) is 0 Å². The Balaban J connectivity index is 2.67. The lowest BCUT2D eigenvalue weighted by atomic mass is 10.0. The molecule has 2 heteroatoms. The topological polar surface area (TPSA) is 26.0 Å². The molecule has 1 nitrogen and oxygen atoms in total. The summed E-state index contributed by atoms with van der Waals surface area (Å²) in [5, 5.41) is 2.77. The smallest absolute Gasteiger partial charge is 0.0389 e. The molecule has 116 valence electrons. The van der Waals surface area contributed by atoms with E-state index in [9.17, 15) is 0 Å². The molecular formula is C20H25NS. The highest BCUT2D eigenvalue weighted by atomic mass is 32.1. The Morgan fingerprint density at radius 2 is 2.05 bits per heavy atom.